The highest BCUT2D eigenvalue weighted by Crippen LogP contribution is 2.37. The van der Waals surface area contributed by atoms with E-state index in [9.17, 15) is 9.59 Å². The van der Waals surface area contributed by atoms with Crippen molar-refractivity contribution in [2.24, 2.45) is 7.05 Å². The van der Waals surface area contributed by atoms with Gasteiger partial charge in [0, 0.05) is 32.9 Å². The Morgan fingerprint density at radius 1 is 1.20 bits per heavy atom. The molecule has 1 aromatic heterocycles. The Hall–Kier alpha value is -2.05. The van der Waals surface area contributed by atoms with Crippen LogP contribution in [0.5, 0.6) is 0 Å². The molecule has 2 saturated heterocycles. The number of rotatable bonds is 1. The lowest BCUT2D eigenvalue weighted by Crippen LogP contribution is -2.72. The van der Waals surface area contributed by atoms with Crippen LogP contribution in [0.15, 0.2) is 12.3 Å². The third-order valence-electron chi connectivity index (χ3n) is 4.90. The second-order valence-electron chi connectivity index (χ2n) is 8.20. The molecule has 0 radical (unpaired) electrons. The van der Waals surface area contributed by atoms with E-state index in [1.807, 2.05) is 32.7 Å². The maximum absolute atomic E-state index is 13.0. The largest absolute Gasteiger partial charge is 0.444 e. The lowest BCUT2D eigenvalue weighted by molar-refractivity contribution is -0.0549. The highest BCUT2D eigenvalue weighted by atomic mass is 16.6. The molecular formula is C18H28N4O3. The number of nitrogens with zero attached hydrogens (tertiary/aromatic N) is 4. The molecule has 0 unspecified atom stereocenters. The number of hydrogen-bond donors (Lipinski definition) is 0. The van der Waals surface area contributed by atoms with Crippen LogP contribution < -0.4 is 0 Å². The molecule has 0 N–H and O–H groups in total. The van der Waals surface area contributed by atoms with E-state index < -0.39 is 5.60 Å². The molecule has 1 aromatic rings. The van der Waals surface area contributed by atoms with Crippen molar-refractivity contribution in [1.29, 1.82) is 0 Å². The standard InChI is InChI=1S/C18H28N4O3/c1-17(2,3)25-16(24)21-12-18(13-21)9-6-5-7-10-22(18)15(23)14-8-11-20(4)19-14/h8,11H,5-7,9-10,12-13H2,1-4H3. The summed E-state index contributed by atoms with van der Waals surface area (Å²) < 4.78 is 7.10. The Balaban J connectivity index is 1.74. The normalized spacial score (nSPS) is 20.2. The zero-order valence-corrected chi connectivity index (χ0v) is 15.6. The van der Waals surface area contributed by atoms with Crippen LogP contribution >= 0.6 is 0 Å². The van der Waals surface area contributed by atoms with Crippen molar-refractivity contribution in [2.75, 3.05) is 19.6 Å². The number of ether oxygens (including phenoxy) is 1. The molecule has 3 heterocycles. The van der Waals surface area contributed by atoms with Gasteiger partial charge in [0.05, 0.1) is 5.54 Å². The van der Waals surface area contributed by atoms with E-state index in [0.29, 0.717) is 18.8 Å². The molecule has 2 fully saturated rings. The molecule has 0 aromatic carbocycles. The number of amides is 2. The molecule has 138 valence electrons. The number of hydrogen-bond acceptors (Lipinski definition) is 4. The van der Waals surface area contributed by atoms with E-state index >= 15 is 0 Å². The van der Waals surface area contributed by atoms with Crippen molar-refractivity contribution in [1.82, 2.24) is 19.6 Å². The van der Waals surface area contributed by atoms with Gasteiger partial charge in [-0.25, -0.2) is 4.79 Å². The van der Waals surface area contributed by atoms with Crippen molar-refractivity contribution in [3.8, 4) is 0 Å². The average Bonchev–Trinajstić information content (AvgIpc) is 2.78. The van der Waals surface area contributed by atoms with E-state index in [0.717, 1.165) is 32.2 Å². The summed E-state index contributed by atoms with van der Waals surface area (Å²) in [6, 6.07) is 1.76. The molecule has 2 aliphatic rings. The van der Waals surface area contributed by atoms with E-state index in [1.165, 1.54) is 0 Å². The van der Waals surface area contributed by atoms with Gasteiger partial charge in [0.15, 0.2) is 0 Å². The van der Waals surface area contributed by atoms with Crippen molar-refractivity contribution in [3.63, 3.8) is 0 Å². The quantitative estimate of drug-likeness (QED) is 0.782. The lowest BCUT2D eigenvalue weighted by atomic mass is 9.83. The second kappa shape index (κ2) is 6.35. The Morgan fingerprint density at radius 3 is 2.52 bits per heavy atom. The Labute approximate surface area is 148 Å². The van der Waals surface area contributed by atoms with Gasteiger partial charge in [-0.05, 0) is 39.7 Å². The van der Waals surface area contributed by atoms with Gasteiger partial charge in [-0.3, -0.25) is 9.48 Å². The molecule has 7 nitrogen and oxygen atoms in total. The number of carbonyl (C=O) groups is 2. The maximum atomic E-state index is 13.0. The summed E-state index contributed by atoms with van der Waals surface area (Å²) in [6.45, 7) is 7.40. The topological polar surface area (TPSA) is 67.7 Å². The van der Waals surface area contributed by atoms with Gasteiger partial charge in [0.1, 0.15) is 11.3 Å². The third-order valence-corrected chi connectivity index (χ3v) is 4.90. The van der Waals surface area contributed by atoms with Crippen molar-refractivity contribution in [3.05, 3.63) is 18.0 Å². The maximum Gasteiger partial charge on any atom is 0.410 e. The fourth-order valence-corrected chi connectivity index (χ4v) is 3.71. The molecular weight excluding hydrogens is 320 g/mol. The predicted octanol–water partition coefficient (Wildman–Crippen LogP) is 2.43. The molecule has 0 atom stereocenters. The van der Waals surface area contributed by atoms with Crippen LogP contribution in [0.2, 0.25) is 0 Å². The van der Waals surface area contributed by atoms with Gasteiger partial charge in [-0.15, -0.1) is 0 Å². The number of likely N-dealkylation sites (tertiary alicyclic amines) is 2. The molecule has 0 saturated carbocycles. The van der Waals surface area contributed by atoms with Gasteiger partial charge in [0.25, 0.3) is 5.91 Å². The summed E-state index contributed by atoms with van der Waals surface area (Å²) in [5.74, 6) is -0.0358. The SMILES string of the molecule is Cn1ccc(C(=O)N2CCCCCC23CN(C(=O)OC(C)(C)C)C3)n1. The van der Waals surface area contributed by atoms with Gasteiger partial charge in [0.2, 0.25) is 0 Å². The van der Waals surface area contributed by atoms with Crippen molar-refractivity contribution in [2.45, 2.75) is 57.6 Å². The number of carbonyl (C=O) groups excluding carboxylic acids is 2. The van der Waals surface area contributed by atoms with Crippen LogP contribution in [0.4, 0.5) is 4.79 Å². The van der Waals surface area contributed by atoms with Crippen LogP contribution in [0.3, 0.4) is 0 Å². The summed E-state index contributed by atoms with van der Waals surface area (Å²) in [5.41, 5.74) is -0.311. The van der Waals surface area contributed by atoms with Crippen LogP contribution in [0.1, 0.15) is 56.9 Å². The first kappa shape index (κ1) is 17.8. The van der Waals surface area contributed by atoms with Crippen LogP contribution in [0, 0.1) is 0 Å². The summed E-state index contributed by atoms with van der Waals surface area (Å²) in [5, 5.41) is 4.26. The van der Waals surface area contributed by atoms with Crippen LogP contribution in [-0.4, -0.2) is 62.4 Å². The van der Waals surface area contributed by atoms with Crippen molar-refractivity contribution < 1.29 is 14.3 Å². The fourth-order valence-electron chi connectivity index (χ4n) is 3.71. The molecule has 25 heavy (non-hydrogen) atoms. The smallest absolute Gasteiger partial charge is 0.410 e. The van der Waals surface area contributed by atoms with E-state index in [1.54, 1.807) is 21.8 Å². The monoisotopic (exact) mass is 348 g/mol. The molecule has 0 aliphatic carbocycles. The Bertz CT molecular complexity index is 656. The zero-order chi connectivity index (χ0) is 18.2. The summed E-state index contributed by atoms with van der Waals surface area (Å²) >= 11 is 0. The minimum absolute atomic E-state index is 0.0358. The third kappa shape index (κ3) is 3.65. The molecule has 0 bridgehead atoms. The Morgan fingerprint density at radius 2 is 1.92 bits per heavy atom. The lowest BCUT2D eigenvalue weighted by Gasteiger charge is -2.55. The minimum Gasteiger partial charge on any atom is -0.444 e. The van der Waals surface area contributed by atoms with Gasteiger partial charge in [-0.1, -0.05) is 12.8 Å². The molecule has 1 spiro atoms. The molecule has 2 aliphatic heterocycles. The van der Waals surface area contributed by atoms with E-state index in [-0.39, 0.29) is 17.5 Å². The Kier molecular flexibility index (Phi) is 4.51. The number of aryl methyl sites for hydroxylation is 1. The minimum atomic E-state index is -0.507. The first-order valence-corrected chi connectivity index (χ1v) is 9.00. The first-order chi connectivity index (χ1) is 11.7. The highest BCUT2D eigenvalue weighted by Gasteiger charge is 2.52. The highest BCUT2D eigenvalue weighted by molar-refractivity contribution is 5.93. The second-order valence-corrected chi connectivity index (χ2v) is 8.20. The average molecular weight is 348 g/mol. The van der Waals surface area contributed by atoms with Gasteiger partial charge >= 0.3 is 6.09 Å². The van der Waals surface area contributed by atoms with Crippen LogP contribution in [0.25, 0.3) is 0 Å². The summed E-state index contributed by atoms with van der Waals surface area (Å²) in [4.78, 5) is 28.9. The van der Waals surface area contributed by atoms with Gasteiger partial charge in [-0.2, -0.15) is 5.10 Å². The van der Waals surface area contributed by atoms with Crippen LogP contribution in [-0.2, 0) is 11.8 Å². The number of aromatic nitrogens is 2. The molecule has 2 amide bonds. The summed E-state index contributed by atoms with van der Waals surface area (Å²) in [7, 11) is 1.81. The molecule has 3 rings (SSSR count). The van der Waals surface area contributed by atoms with E-state index in [4.69, 9.17) is 4.74 Å². The fraction of sp³-hybridized carbons (Fsp3) is 0.722. The van der Waals surface area contributed by atoms with Gasteiger partial charge < -0.3 is 14.5 Å². The zero-order valence-electron chi connectivity index (χ0n) is 15.6. The summed E-state index contributed by atoms with van der Waals surface area (Å²) in [6.07, 6.45) is 5.59. The first-order valence-electron chi connectivity index (χ1n) is 9.00. The predicted molar refractivity (Wildman–Crippen MR) is 93.3 cm³/mol. The molecule has 7 heteroatoms. The van der Waals surface area contributed by atoms with E-state index in [2.05, 4.69) is 5.10 Å². The van der Waals surface area contributed by atoms with Crippen molar-refractivity contribution >= 4 is 12.0 Å².